The number of hydrogen-bond acceptors (Lipinski definition) is 4. The molecule has 1 aromatic heterocycles. The van der Waals surface area contributed by atoms with Crippen molar-refractivity contribution in [2.24, 2.45) is 0 Å². The van der Waals surface area contributed by atoms with Crippen molar-refractivity contribution in [2.75, 3.05) is 38.2 Å². The minimum atomic E-state index is -0.0808. The molecule has 19 heavy (non-hydrogen) atoms. The smallest absolute Gasteiger partial charge is 0.257 e. The molecule has 0 atom stereocenters. The highest BCUT2D eigenvalue weighted by atomic mass is 16.3. The number of hydrogen-bond donors (Lipinski definition) is 1. The van der Waals surface area contributed by atoms with E-state index in [1.165, 1.54) is 11.3 Å². The standard InChI is InChI=1S/C14H21N3O2/c1-16(10-11-18)14(19)12-6-5-7-15-13(12)17-8-3-2-4-9-17/h5-7,18H,2-4,8-11H2,1H3. The van der Waals surface area contributed by atoms with Crippen LogP contribution in [0.2, 0.25) is 0 Å². The lowest BCUT2D eigenvalue weighted by Crippen LogP contribution is -2.35. The Balaban J connectivity index is 2.22. The first-order valence-electron chi connectivity index (χ1n) is 6.80. The van der Waals surface area contributed by atoms with Gasteiger partial charge in [0.25, 0.3) is 5.91 Å². The highest BCUT2D eigenvalue weighted by Gasteiger charge is 2.21. The molecule has 1 aliphatic rings. The summed E-state index contributed by atoms with van der Waals surface area (Å²) in [4.78, 5) is 20.4. The molecule has 1 amide bonds. The molecule has 5 nitrogen and oxygen atoms in total. The largest absolute Gasteiger partial charge is 0.395 e. The Morgan fingerprint density at radius 1 is 1.42 bits per heavy atom. The molecule has 1 N–H and O–H groups in total. The Labute approximate surface area is 113 Å². The Morgan fingerprint density at radius 3 is 2.84 bits per heavy atom. The molecule has 104 valence electrons. The number of carbonyl (C=O) groups is 1. The average Bonchev–Trinajstić information content (AvgIpc) is 2.47. The second-order valence-electron chi connectivity index (χ2n) is 4.87. The molecule has 2 heterocycles. The van der Waals surface area contributed by atoms with Gasteiger partial charge in [-0.05, 0) is 31.4 Å². The van der Waals surface area contributed by atoms with E-state index in [0.717, 1.165) is 31.7 Å². The van der Waals surface area contributed by atoms with Gasteiger partial charge in [-0.1, -0.05) is 0 Å². The van der Waals surface area contributed by atoms with Crippen LogP contribution < -0.4 is 4.90 Å². The van der Waals surface area contributed by atoms with Gasteiger partial charge in [-0.3, -0.25) is 4.79 Å². The second kappa shape index (κ2) is 6.52. The van der Waals surface area contributed by atoms with Gasteiger partial charge in [-0.15, -0.1) is 0 Å². The Kier molecular flexibility index (Phi) is 4.74. The zero-order valence-corrected chi connectivity index (χ0v) is 11.4. The molecule has 0 spiro atoms. The molecule has 1 fully saturated rings. The van der Waals surface area contributed by atoms with E-state index in [4.69, 9.17) is 5.11 Å². The number of aliphatic hydroxyl groups excluding tert-OH is 1. The fourth-order valence-electron chi connectivity index (χ4n) is 2.38. The van der Waals surface area contributed by atoms with Gasteiger partial charge in [0.15, 0.2) is 0 Å². The maximum Gasteiger partial charge on any atom is 0.257 e. The first-order valence-corrected chi connectivity index (χ1v) is 6.80. The van der Waals surface area contributed by atoms with Crippen LogP contribution in [-0.2, 0) is 0 Å². The van der Waals surface area contributed by atoms with E-state index in [0.29, 0.717) is 12.1 Å². The SMILES string of the molecule is CN(CCO)C(=O)c1cccnc1N1CCCCC1. The van der Waals surface area contributed by atoms with Gasteiger partial charge in [0.2, 0.25) is 0 Å². The molecule has 0 saturated carbocycles. The van der Waals surface area contributed by atoms with Crippen LogP contribution in [0.3, 0.4) is 0 Å². The molecule has 1 saturated heterocycles. The molecule has 0 radical (unpaired) electrons. The van der Waals surface area contributed by atoms with E-state index in [-0.39, 0.29) is 12.5 Å². The lowest BCUT2D eigenvalue weighted by atomic mass is 10.1. The van der Waals surface area contributed by atoms with Crippen LogP contribution in [0, 0.1) is 0 Å². The van der Waals surface area contributed by atoms with Gasteiger partial charge in [-0.2, -0.15) is 0 Å². The molecule has 0 aromatic carbocycles. The molecule has 1 aromatic rings. The Hall–Kier alpha value is -1.62. The molecule has 5 heteroatoms. The van der Waals surface area contributed by atoms with Gasteiger partial charge >= 0.3 is 0 Å². The fourth-order valence-corrected chi connectivity index (χ4v) is 2.38. The van der Waals surface area contributed by atoms with E-state index in [1.807, 2.05) is 6.07 Å². The number of rotatable bonds is 4. The zero-order chi connectivity index (χ0) is 13.7. The van der Waals surface area contributed by atoms with Crippen LogP contribution in [0.15, 0.2) is 18.3 Å². The summed E-state index contributed by atoms with van der Waals surface area (Å²) in [6.07, 6.45) is 5.27. The summed E-state index contributed by atoms with van der Waals surface area (Å²) in [5.74, 6) is 0.694. The van der Waals surface area contributed by atoms with E-state index >= 15 is 0 Å². The van der Waals surface area contributed by atoms with Crippen molar-refractivity contribution in [3.8, 4) is 0 Å². The van der Waals surface area contributed by atoms with Gasteiger partial charge in [-0.25, -0.2) is 4.98 Å². The lowest BCUT2D eigenvalue weighted by molar-refractivity contribution is 0.0767. The number of aromatic nitrogens is 1. The maximum atomic E-state index is 12.3. The van der Waals surface area contributed by atoms with Crippen LogP contribution in [0.1, 0.15) is 29.6 Å². The van der Waals surface area contributed by atoms with Gasteiger partial charge in [0.1, 0.15) is 5.82 Å². The van der Waals surface area contributed by atoms with Crippen molar-refractivity contribution < 1.29 is 9.90 Å². The first-order chi connectivity index (χ1) is 9.24. The second-order valence-corrected chi connectivity index (χ2v) is 4.87. The van der Waals surface area contributed by atoms with E-state index < -0.39 is 0 Å². The third-order valence-electron chi connectivity index (χ3n) is 3.45. The summed E-state index contributed by atoms with van der Waals surface area (Å²) in [6, 6.07) is 3.60. The van der Waals surface area contributed by atoms with Crippen molar-refractivity contribution in [1.29, 1.82) is 0 Å². The Bertz CT molecular complexity index is 430. The number of amides is 1. The summed E-state index contributed by atoms with van der Waals surface area (Å²) < 4.78 is 0. The molecular weight excluding hydrogens is 242 g/mol. The number of anilines is 1. The van der Waals surface area contributed by atoms with Crippen LogP contribution in [0.4, 0.5) is 5.82 Å². The van der Waals surface area contributed by atoms with Crippen molar-refractivity contribution in [3.05, 3.63) is 23.9 Å². The summed E-state index contributed by atoms with van der Waals surface area (Å²) in [6.45, 7) is 2.23. The van der Waals surface area contributed by atoms with E-state index in [1.54, 1.807) is 19.3 Å². The minimum absolute atomic E-state index is 0.0262. The molecule has 2 rings (SSSR count). The van der Waals surface area contributed by atoms with Crippen molar-refractivity contribution >= 4 is 11.7 Å². The van der Waals surface area contributed by atoms with Crippen molar-refractivity contribution in [2.45, 2.75) is 19.3 Å². The summed E-state index contributed by atoms with van der Waals surface area (Å²) in [5.41, 5.74) is 0.625. The maximum absolute atomic E-state index is 12.3. The molecular formula is C14H21N3O2. The Morgan fingerprint density at radius 2 is 2.16 bits per heavy atom. The summed E-state index contributed by atoms with van der Waals surface area (Å²) in [5, 5.41) is 8.93. The number of likely N-dealkylation sites (N-methyl/N-ethyl adjacent to an activating group) is 1. The lowest BCUT2D eigenvalue weighted by Gasteiger charge is -2.29. The first kappa shape index (κ1) is 13.8. The van der Waals surface area contributed by atoms with Crippen LogP contribution in [0.5, 0.6) is 0 Å². The predicted molar refractivity (Wildman–Crippen MR) is 74.3 cm³/mol. The fraction of sp³-hybridized carbons (Fsp3) is 0.571. The molecule has 0 aliphatic carbocycles. The number of nitrogens with zero attached hydrogens (tertiary/aromatic N) is 3. The summed E-state index contributed by atoms with van der Waals surface area (Å²) in [7, 11) is 1.70. The van der Waals surface area contributed by atoms with E-state index in [9.17, 15) is 4.79 Å². The van der Waals surface area contributed by atoms with Crippen molar-refractivity contribution in [1.82, 2.24) is 9.88 Å². The topological polar surface area (TPSA) is 56.7 Å². The highest BCUT2D eigenvalue weighted by molar-refractivity contribution is 5.98. The van der Waals surface area contributed by atoms with Crippen molar-refractivity contribution in [3.63, 3.8) is 0 Å². The molecule has 0 bridgehead atoms. The van der Waals surface area contributed by atoms with E-state index in [2.05, 4.69) is 9.88 Å². The monoisotopic (exact) mass is 263 g/mol. The predicted octanol–water partition coefficient (Wildman–Crippen LogP) is 1.14. The number of piperidine rings is 1. The third-order valence-corrected chi connectivity index (χ3v) is 3.45. The van der Waals surface area contributed by atoms with Crippen LogP contribution in [0.25, 0.3) is 0 Å². The third kappa shape index (κ3) is 3.23. The normalized spacial score (nSPS) is 15.4. The highest BCUT2D eigenvalue weighted by Crippen LogP contribution is 2.22. The average molecular weight is 263 g/mol. The number of pyridine rings is 1. The van der Waals surface area contributed by atoms with Crippen LogP contribution >= 0.6 is 0 Å². The van der Waals surface area contributed by atoms with Crippen LogP contribution in [-0.4, -0.2) is 54.2 Å². The van der Waals surface area contributed by atoms with Gasteiger partial charge < -0.3 is 14.9 Å². The quantitative estimate of drug-likeness (QED) is 0.885. The molecule has 1 aliphatic heterocycles. The number of aliphatic hydroxyl groups is 1. The zero-order valence-electron chi connectivity index (χ0n) is 11.4. The number of carbonyl (C=O) groups excluding carboxylic acids is 1. The molecule has 0 unspecified atom stereocenters. The minimum Gasteiger partial charge on any atom is -0.395 e. The van der Waals surface area contributed by atoms with Gasteiger partial charge in [0, 0.05) is 32.9 Å². The summed E-state index contributed by atoms with van der Waals surface area (Å²) >= 11 is 0. The van der Waals surface area contributed by atoms with Gasteiger partial charge in [0.05, 0.1) is 12.2 Å².